The van der Waals surface area contributed by atoms with Gasteiger partial charge in [-0.05, 0) is 19.4 Å². The molecule has 136 valence electrons. The average Bonchev–Trinajstić information content (AvgIpc) is 2.98. The topological polar surface area (TPSA) is 51.2 Å². The second kappa shape index (κ2) is 9.72. The molecule has 0 spiro atoms. The summed E-state index contributed by atoms with van der Waals surface area (Å²) in [6, 6.07) is 6.17. The fourth-order valence-corrected chi connectivity index (χ4v) is 3.78. The van der Waals surface area contributed by atoms with Crippen molar-refractivity contribution in [1.82, 2.24) is 10.3 Å². The molecule has 1 aromatic heterocycles. The number of hydrogen-bond donors (Lipinski definition) is 1. The number of halogens is 2. The van der Waals surface area contributed by atoms with E-state index in [1.165, 1.54) is 17.8 Å². The summed E-state index contributed by atoms with van der Waals surface area (Å²) in [6.07, 6.45) is 0.575. The van der Waals surface area contributed by atoms with Crippen LogP contribution in [-0.2, 0) is 10.5 Å². The number of ether oxygens (including phenoxy) is 1. The molecule has 1 atom stereocenters. The lowest BCUT2D eigenvalue weighted by atomic mass is 10.0. The molecule has 0 fully saturated rings. The lowest BCUT2D eigenvalue weighted by Crippen LogP contribution is -2.30. The average molecular weight is 386 g/mol. The van der Waals surface area contributed by atoms with Crippen molar-refractivity contribution in [2.75, 3.05) is 5.75 Å². The largest absolute Gasteiger partial charge is 0.434 e. The lowest BCUT2D eigenvalue weighted by molar-refractivity contribution is -0.119. The van der Waals surface area contributed by atoms with E-state index in [4.69, 9.17) is 0 Å². The Balaban J connectivity index is 1.91. The first-order valence-electron chi connectivity index (χ1n) is 7.81. The highest BCUT2D eigenvalue weighted by atomic mass is 32.2. The smallest absolute Gasteiger partial charge is 0.387 e. The van der Waals surface area contributed by atoms with Gasteiger partial charge in [0, 0.05) is 16.7 Å². The summed E-state index contributed by atoms with van der Waals surface area (Å²) in [4.78, 5) is 16.5. The number of carbonyl (C=O) groups excluding carboxylic acids is 1. The predicted octanol–water partition coefficient (Wildman–Crippen LogP) is 4.55. The maximum Gasteiger partial charge on any atom is 0.387 e. The third-order valence-corrected chi connectivity index (χ3v) is 5.19. The van der Waals surface area contributed by atoms with E-state index in [1.807, 2.05) is 19.2 Å². The van der Waals surface area contributed by atoms with Crippen LogP contribution in [0.15, 0.2) is 29.6 Å². The van der Waals surface area contributed by atoms with Crippen LogP contribution in [0.25, 0.3) is 0 Å². The molecule has 0 aliphatic rings. The molecule has 25 heavy (non-hydrogen) atoms. The van der Waals surface area contributed by atoms with Crippen molar-refractivity contribution in [3.05, 3.63) is 45.9 Å². The first kappa shape index (κ1) is 19.7. The number of alkyl halides is 2. The fourth-order valence-electron chi connectivity index (χ4n) is 2.33. The Kier molecular flexibility index (Phi) is 7.64. The van der Waals surface area contributed by atoms with Gasteiger partial charge in [0.2, 0.25) is 5.91 Å². The third-order valence-electron chi connectivity index (χ3n) is 3.40. The summed E-state index contributed by atoms with van der Waals surface area (Å²) in [5.74, 6) is 0.899. The number of rotatable bonds is 9. The molecular formula is C17H20F2N2O2S2. The molecule has 0 bridgehead atoms. The quantitative estimate of drug-likeness (QED) is 0.687. The molecule has 1 amide bonds. The van der Waals surface area contributed by atoms with Crippen LogP contribution in [0.1, 0.15) is 35.7 Å². The Morgan fingerprint density at radius 1 is 1.40 bits per heavy atom. The van der Waals surface area contributed by atoms with E-state index < -0.39 is 6.61 Å². The van der Waals surface area contributed by atoms with Gasteiger partial charge in [-0.15, -0.1) is 23.1 Å². The van der Waals surface area contributed by atoms with Gasteiger partial charge in [0.05, 0.1) is 22.5 Å². The molecule has 0 unspecified atom stereocenters. The molecular weight excluding hydrogens is 366 g/mol. The van der Waals surface area contributed by atoms with Gasteiger partial charge >= 0.3 is 6.61 Å². The number of carbonyl (C=O) groups is 1. The van der Waals surface area contributed by atoms with E-state index in [2.05, 4.69) is 15.0 Å². The summed E-state index contributed by atoms with van der Waals surface area (Å²) in [7, 11) is 0. The molecule has 4 nitrogen and oxygen atoms in total. The van der Waals surface area contributed by atoms with Crippen LogP contribution in [0.2, 0.25) is 0 Å². The highest BCUT2D eigenvalue weighted by molar-refractivity contribution is 7.99. The van der Waals surface area contributed by atoms with Crippen molar-refractivity contribution in [3.63, 3.8) is 0 Å². The van der Waals surface area contributed by atoms with Crippen molar-refractivity contribution < 1.29 is 18.3 Å². The molecule has 0 aliphatic heterocycles. The number of aryl methyl sites for hydroxylation is 1. The summed E-state index contributed by atoms with van der Waals surface area (Å²) in [5, 5.41) is 5.87. The second-order valence-electron chi connectivity index (χ2n) is 5.30. The Morgan fingerprint density at radius 3 is 2.80 bits per heavy atom. The Bertz CT molecular complexity index is 695. The van der Waals surface area contributed by atoms with Gasteiger partial charge in [-0.2, -0.15) is 8.78 Å². The molecule has 2 rings (SSSR count). The minimum atomic E-state index is -2.90. The molecule has 0 saturated carbocycles. The van der Waals surface area contributed by atoms with Gasteiger partial charge in [-0.25, -0.2) is 4.98 Å². The van der Waals surface area contributed by atoms with Crippen LogP contribution in [-0.4, -0.2) is 23.3 Å². The van der Waals surface area contributed by atoms with Gasteiger partial charge in [0.15, 0.2) is 0 Å². The number of amides is 1. The highest BCUT2D eigenvalue weighted by Crippen LogP contribution is 2.28. The van der Waals surface area contributed by atoms with E-state index in [9.17, 15) is 13.6 Å². The molecule has 2 aromatic rings. The zero-order chi connectivity index (χ0) is 18.2. The minimum Gasteiger partial charge on any atom is -0.434 e. The van der Waals surface area contributed by atoms with Gasteiger partial charge in [-0.3, -0.25) is 4.79 Å². The number of para-hydroxylation sites is 1. The Hall–Kier alpha value is -1.67. The predicted molar refractivity (Wildman–Crippen MR) is 97.3 cm³/mol. The van der Waals surface area contributed by atoms with E-state index in [-0.39, 0.29) is 23.5 Å². The number of benzene rings is 1. The molecule has 1 N–H and O–H groups in total. The van der Waals surface area contributed by atoms with Crippen LogP contribution in [0.4, 0.5) is 8.78 Å². The van der Waals surface area contributed by atoms with Crippen molar-refractivity contribution in [3.8, 4) is 5.75 Å². The summed E-state index contributed by atoms with van der Waals surface area (Å²) < 4.78 is 29.6. The van der Waals surface area contributed by atoms with Gasteiger partial charge in [0.1, 0.15) is 5.75 Å². The summed E-state index contributed by atoms with van der Waals surface area (Å²) >= 11 is 3.05. The number of nitrogens with one attached hydrogen (secondary N) is 1. The standard InChI is InChI=1S/C17H20F2N2O2S2/c1-3-14(13-6-4-5-7-15(13)23-17(18)19)21-16(22)10-24-8-12-9-25-11(2)20-12/h4-7,9,14,17H,3,8,10H2,1-2H3,(H,21,22)/t14-/m1/s1. The highest BCUT2D eigenvalue weighted by Gasteiger charge is 2.18. The first-order valence-corrected chi connectivity index (χ1v) is 9.84. The maximum absolute atomic E-state index is 12.5. The molecule has 1 aromatic carbocycles. The molecule has 8 heteroatoms. The van der Waals surface area contributed by atoms with Crippen LogP contribution in [0.3, 0.4) is 0 Å². The second-order valence-corrected chi connectivity index (χ2v) is 7.34. The number of hydrogen-bond acceptors (Lipinski definition) is 5. The van der Waals surface area contributed by atoms with Crippen LogP contribution < -0.4 is 10.1 Å². The lowest BCUT2D eigenvalue weighted by Gasteiger charge is -2.20. The van der Waals surface area contributed by atoms with Crippen LogP contribution in [0.5, 0.6) is 5.75 Å². The maximum atomic E-state index is 12.5. The van der Waals surface area contributed by atoms with E-state index in [1.54, 1.807) is 29.5 Å². The zero-order valence-corrected chi connectivity index (χ0v) is 15.6. The minimum absolute atomic E-state index is 0.0928. The zero-order valence-electron chi connectivity index (χ0n) is 14.0. The van der Waals surface area contributed by atoms with E-state index in [0.29, 0.717) is 17.7 Å². The van der Waals surface area contributed by atoms with Gasteiger partial charge in [0.25, 0.3) is 0 Å². The van der Waals surface area contributed by atoms with Crippen molar-refractivity contribution in [2.24, 2.45) is 0 Å². The molecule has 1 heterocycles. The van der Waals surface area contributed by atoms with E-state index >= 15 is 0 Å². The van der Waals surface area contributed by atoms with Crippen molar-refractivity contribution >= 4 is 29.0 Å². The van der Waals surface area contributed by atoms with Crippen molar-refractivity contribution in [1.29, 1.82) is 0 Å². The van der Waals surface area contributed by atoms with Crippen molar-refractivity contribution in [2.45, 2.75) is 38.7 Å². The number of nitrogens with zero attached hydrogens (tertiary/aromatic N) is 1. The Labute approximate surface area is 154 Å². The summed E-state index contributed by atoms with van der Waals surface area (Å²) in [5.41, 5.74) is 1.52. The Morgan fingerprint density at radius 2 is 2.16 bits per heavy atom. The van der Waals surface area contributed by atoms with Gasteiger partial charge in [-0.1, -0.05) is 25.1 Å². The monoisotopic (exact) mass is 386 g/mol. The van der Waals surface area contributed by atoms with E-state index in [0.717, 1.165) is 10.7 Å². The number of aromatic nitrogens is 1. The number of thioether (sulfide) groups is 1. The normalized spacial score (nSPS) is 12.2. The first-order chi connectivity index (χ1) is 12.0. The fraction of sp³-hybridized carbons (Fsp3) is 0.412. The third kappa shape index (κ3) is 6.28. The van der Waals surface area contributed by atoms with Crippen LogP contribution >= 0.6 is 23.1 Å². The van der Waals surface area contributed by atoms with Gasteiger partial charge < -0.3 is 10.1 Å². The van der Waals surface area contributed by atoms with Crippen LogP contribution in [0, 0.1) is 6.92 Å². The SMILES string of the molecule is CC[C@@H](NC(=O)CSCc1csc(C)n1)c1ccccc1OC(F)F. The number of thiazole rings is 1. The molecule has 0 aliphatic carbocycles. The summed E-state index contributed by atoms with van der Waals surface area (Å²) in [6.45, 7) is 0.928. The molecule has 0 saturated heterocycles. The molecule has 0 radical (unpaired) electrons.